The van der Waals surface area contributed by atoms with Crippen molar-refractivity contribution in [2.24, 2.45) is 5.41 Å². The fourth-order valence-corrected chi connectivity index (χ4v) is 5.07. The maximum absolute atomic E-state index is 13.0. The highest BCUT2D eigenvalue weighted by Gasteiger charge is 2.51. The monoisotopic (exact) mass is 480 g/mol. The highest BCUT2D eigenvalue weighted by molar-refractivity contribution is 6.30. The predicted molar refractivity (Wildman–Crippen MR) is 124 cm³/mol. The molecule has 182 valence electrons. The summed E-state index contributed by atoms with van der Waals surface area (Å²) < 4.78 is 0. The molecule has 1 spiro atoms. The highest BCUT2D eigenvalue weighted by atomic mass is 35.5. The van der Waals surface area contributed by atoms with Gasteiger partial charge in [-0.1, -0.05) is 17.7 Å². The molecule has 1 aliphatic carbocycles. The average molecular weight is 481 g/mol. The maximum atomic E-state index is 13.0. The van der Waals surface area contributed by atoms with Crippen LogP contribution in [-0.4, -0.2) is 94.6 Å². The van der Waals surface area contributed by atoms with Gasteiger partial charge in [0.05, 0.1) is 25.3 Å². The SMILES string of the molecule is C[C@H]1C(=O)N([C@H](CO)CCN2CCC3(CC3)[C@H](O)C2)CCN1OC(=O)Nc1cccc(Cl)c1. The smallest absolute Gasteiger partial charge is 0.394 e. The summed E-state index contributed by atoms with van der Waals surface area (Å²) in [5.41, 5.74) is 0.661. The Morgan fingerprint density at radius 3 is 2.76 bits per heavy atom. The Morgan fingerprint density at radius 1 is 1.30 bits per heavy atom. The molecule has 0 unspecified atom stereocenters. The number of amides is 2. The van der Waals surface area contributed by atoms with Crippen LogP contribution in [0.3, 0.4) is 0 Å². The van der Waals surface area contributed by atoms with Crippen LogP contribution in [0.2, 0.25) is 5.02 Å². The lowest BCUT2D eigenvalue weighted by atomic mass is 9.90. The van der Waals surface area contributed by atoms with Crippen LogP contribution < -0.4 is 5.32 Å². The van der Waals surface area contributed by atoms with Gasteiger partial charge in [-0.05, 0) is 62.8 Å². The molecule has 10 heteroatoms. The lowest BCUT2D eigenvalue weighted by Crippen LogP contribution is -2.60. The predicted octanol–water partition coefficient (Wildman–Crippen LogP) is 1.93. The first kappa shape index (κ1) is 24.2. The van der Waals surface area contributed by atoms with Crippen LogP contribution in [0.1, 0.15) is 32.6 Å². The minimum atomic E-state index is -0.693. The molecule has 33 heavy (non-hydrogen) atoms. The van der Waals surface area contributed by atoms with Gasteiger partial charge in [-0.15, -0.1) is 5.06 Å². The molecule has 1 aromatic carbocycles. The van der Waals surface area contributed by atoms with Crippen molar-refractivity contribution in [1.29, 1.82) is 0 Å². The van der Waals surface area contributed by atoms with E-state index in [1.54, 1.807) is 36.1 Å². The number of rotatable bonds is 7. The molecule has 1 saturated carbocycles. The van der Waals surface area contributed by atoms with E-state index in [2.05, 4.69) is 10.2 Å². The summed E-state index contributed by atoms with van der Waals surface area (Å²) in [6.45, 7) is 4.58. The fraction of sp³-hybridized carbons (Fsp3) is 0.652. The van der Waals surface area contributed by atoms with Crippen molar-refractivity contribution >= 4 is 29.3 Å². The van der Waals surface area contributed by atoms with E-state index in [4.69, 9.17) is 16.4 Å². The molecule has 4 rings (SSSR count). The number of anilines is 1. The number of hydrogen-bond acceptors (Lipinski definition) is 7. The number of nitrogens with one attached hydrogen (secondary N) is 1. The van der Waals surface area contributed by atoms with Crippen LogP contribution in [0, 0.1) is 5.41 Å². The fourth-order valence-electron chi connectivity index (χ4n) is 4.87. The summed E-state index contributed by atoms with van der Waals surface area (Å²) in [4.78, 5) is 34.5. The number of carbonyl (C=O) groups is 2. The number of nitrogens with zero attached hydrogens (tertiary/aromatic N) is 3. The first-order valence-electron chi connectivity index (χ1n) is 11.6. The molecule has 3 fully saturated rings. The number of piperidine rings is 1. The number of halogens is 1. The zero-order valence-electron chi connectivity index (χ0n) is 19.0. The Hall–Kier alpha value is -1.91. The van der Waals surface area contributed by atoms with Gasteiger partial charge in [0.2, 0.25) is 5.91 Å². The summed E-state index contributed by atoms with van der Waals surface area (Å²) in [5.74, 6) is -0.188. The standard InChI is InChI=1S/C23H33ClN4O5/c1-16-21(31)27(11-12-28(16)33-22(32)25-18-4-2-3-17(24)13-18)19(15-29)5-9-26-10-8-23(6-7-23)20(30)14-26/h2-4,13,16,19-20,29-30H,5-12,14-15H2,1H3,(H,25,32)/t16-,19-,20+/m0/s1. The molecule has 0 bridgehead atoms. The second-order valence-corrected chi connectivity index (χ2v) is 9.85. The van der Waals surface area contributed by atoms with Gasteiger partial charge in [-0.3, -0.25) is 10.1 Å². The lowest BCUT2D eigenvalue weighted by molar-refractivity contribution is -0.179. The molecule has 0 radical (unpaired) electrons. The van der Waals surface area contributed by atoms with E-state index in [9.17, 15) is 19.8 Å². The molecule has 2 aliphatic heterocycles. The third-order valence-electron chi connectivity index (χ3n) is 7.29. The van der Waals surface area contributed by atoms with Crippen molar-refractivity contribution in [3.05, 3.63) is 29.3 Å². The van der Waals surface area contributed by atoms with E-state index < -0.39 is 12.1 Å². The zero-order valence-corrected chi connectivity index (χ0v) is 19.7. The van der Waals surface area contributed by atoms with Gasteiger partial charge in [-0.2, -0.15) is 0 Å². The molecule has 3 atom stereocenters. The summed E-state index contributed by atoms with van der Waals surface area (Å²) in [7, 11) is 0. The second kappa shape index (κ2) is 10.1. The molecule has 3 N–H and O–H groups in total. The lowest BCUT2D eigenvalue weighted by Gasteiger charge is -2.42. The number of aliphatic hydroxyl groups is 2. The van der Waals surface area contributed by atoms with E-state index >= 15 is 0 Å². The molecule has 2 amide bonds. The van der Waals surface area contributed by atoms with Gasteiger partial charge in [0.15, 0.2) is 0 Å². The van der Waals surface area contributed by atoms with E-state index in [1.165, 1.54) is 5.06 Å². The number of hydrogen-bond donors (Lipinski definition) is 3. The van der Waals surface area contributed by atoms with Crippen LogP contribution in [0.25, 0.3) is 0 Å². The number of carbonyl (C=O) groups excluding carboxylic acids is 2. The van der Waals surface area contributed by atoms with Crippen LogP contribution in [0.5, 0.6) is 0 Å². The number of hydroxylamine groups is 2. The molecule has 0 aromatic heterocycles. The Morgan fingerprint density at radius 2 is 2.09 bits per heavy atom. The van der Waals surface area contributed by atoms with Crippen LogP contribution in [0.4, 0.5) is 10.5 Å². The van der Waals surface area contributed by atoms with Gasteiger partial charge in [0.25, 0.3) is 0 Å². The molecule has 2 saturated heterocycles. The second-order valence-electron chi connectivity index (χ2n) is 9.42. The summed E-state index contributed by atoms with van der Waals surface area (Å²) in [6.07, 6.45) is 2.92. The van der Waals surface area contributed by atoms with Gasteiger partial charge in [-0.25, -0.2) is 4.79 Å². The quantitative estimate of drug-likeness (QED) is 0.547. The van der Waals surface area contributed by atoms with Gasteiger partial charge in [0, 0.05) is 30.3 Å². The van der Waals surface area contributed by atoms with E-state index in [0.29, 0.717) is 36.8 Å². The largest absolute Gasteiger partial charge is 0.430 e. The Labute approximate surface area is 199 Å². The Bertz CT molecular complexity index is 867. The van der Waals surface area contributed by atoms with E-state index in [-0.39, 0.29) is 30.1 Å². The molecule has 3 aliphatic rings. The van der Waals surface area contributed by atoms with Gasteiger partial charge >= 0.3 is 6.09 Å². The minimum absolute atomic E-state index is 0.130. The van der Waals surface area contributed by atoms with Crippen molar-refractivity contribution in [3.8, 4) is 0 Å². The van der Waals surface area contributed by atoms with Crippen molar-refractivity contribution in [3.63, 3.8) is 0 Å². The first-order chi connectivity index (χ1) is 15.8. The average Bonchev–Trinajstić information content (AvgIpc) is 3.56. The van der Waals surface area contributed by atoms with E-state index in [0.717, 1.165) is 32.4 Å². The van der Waals surface area contributed by atoms with Crippen molar-refractivity contribution < 1.29 is 24.6 Å². The summed E-state index contributed by atoms with van der Waals surface area (Å²) >= 11 is 5.93. The maximum Gasteiger partial charge on any atom is 0.430 e. The number of aliphatic hydroxyl groups excluding tert-OH is 2. The minimum Gasteiger partial charge on any atom is -0.394 e. The number of likely N-dealkylation sites (tertiary alicyclic amines) is 1. The van der Waals surface area contributed by atoms with Crippen LogP contribution in [0.15, 0.2) is 24.3 Å². The van der Waals surface area contributed by atoms with Gasteiger partial charge in [0.1, 0.15) is 6.04 Å². The third kappa shape index (κ3) is 5.60. The normalized spacial score (nSPS) is 26.3. The number of β-amino-alcohol motifs (C(OH)–C–C–N with tert-alkyl or cyclic N) is 1. The third-order valence-corrected chi connectivity index (χ3v) is 7.53. The first-order valence-corrected chi connectivity index (χ1v) is 12.0. The Kier molecular flexibility index (Phi) is 7.45. The van der Waals surface area contributed by atoms with Gasteiger partial charge < -0.3 is 24.9 Å². The van der Waals surface area contributed by atoms with Crippen molar-refractivity contribution in [1.82, 2.24) is 14.9 Å². The molecule has 1 aromatic rings. The molecule has 2 heterocycles. The summed E-state index contributed by atoms with van der Waals surface area (Å²) in [5, 5.41) is 24.8. The number of benzene rings is 1. The molecular formula is C23H33ClN4O5. The van der Waals surface area contributed by atoms with Crippen molar-refractivity contribution in [2.75, 3.05) is 44.6 Å². The molecular weight excluding hydrogens is 448 g/mol. The molecule has 9 nitrogen and oxygen atoms in total. The highest BCUT2D eigenvalue weighted by Crippen LogP contribution is 2.53. The van der Waals surface area contributed by atoms with Crippen molar-refractivity contribution in [2.45, 2.75) is 50.8 Å². The Balaban J connectivity index is 1.26. The number of piperazine rings is 1. The van der Waals surface area contributed by atoms with Crippen LogP contribution >= 0.6 is 11.6 Å². The summed E-state index contributed by atoms with van der Waals surface area (Å²) in [6, 6.07) is 5.74. The zero-order chi connectivity index (χ0) is 23.6. The topological polar surface area (TPSA) is 106 Å². The van der Waals surface area contributed by atoms with Crippen LogP contribution in [-0.2, 0) is 9.63 Å². The van der Waals surface area contributed by atoms with E-state index in [1.807, 2.05) is 0 Å².